The van der Waals surface area contributed by atoms with Crippen LogP contribution in [-0.2, 0) is 4.79 Å². The van der Waals surface area contributed by atoms with Crippen LogP contribution in [0.4, 0.5) is 0 Å². The molecule has 0 fully saturated rings. The lowest BCUT2D eigenvalue weighted by Crippen LogP contribution is -2.38. The minimum atomic E-state index is -0.0812. The summed E-state index contributed by atoms with van der Waals surface area (Å²) in [6.07, 6.45) is 1.03. The predicted octanol–water partition coefficient (Wildman–Crippen LogP) is 3.46. The summed E-state index contributed by atoms with van der Waals surface area (Å²) >= 11 is 1.50. The Morgan fingerprint density at radius 2 is 1.81 bits per heavy atom. The summed E-state index contributed by atoms with van der Waals surface area (Å²) in [5, 5.41) is 9.60. The van der Waals surface area contributed by atoms with E-state index in [0.29, 0.717) is 31.5 Å². The summed E-state index contributed by atoms with van der Waals surface area (Å²) in [7, 11) is 0. The molecular weight excluding hydrogens is 358 g/mol. The summed E-state index contributed by atoms with van der Waals surface area (Å²) in [5.74, 6) is -0.0600. The van der Waals surface area contributed by atoms with Gasteiger partial charge in [0.25, 0.3) is 5.91 Å². The highest BCUT2D eigenvalue weighted by molar-refractivity contribution is 7.08. The topological polar surface area (TPSA) is 61.4 Å². The van der Waals surface area contributed by atoms with Crippen LogP contribution in [0.15, 0.2) is 47.2 Å². The lowest BCUT2D eigenvalue weighted by Gasteiger charge is -2.30. The van der Waals surface area contributed by atoms with E-state index >= 15 is 0 Å². The Morgan fingerprint density at radius 1 is 1.07 bits per heavy atom. The van der Waals surface area contributed by atoms with Crippen LogP contribution >= 0.6 is 11.3 Å². The number of nitrogens with one attached hydrogen (secondary N) is 2. The van der Waals surface area contributed by atoms with Gasteiger partial charge in [-0.15, -0.1) is 0 Å². The fraction of sp³-hybridized carbons (Fsp3) is 0.429. The zero-order valence-corrected chi connectivity index (χ0v) is 16.9. The highest BCUT2D eigenvalue weighted by Crippen LogP contribution is 2.19. The first kappa shape index (κ1) is 21.1. The molecule has 0 saturated heterocycles. The van der Waals surface area contributed by atoms with Gasteiger partial charge in [0.15, 0.2) is 0 Å². The maximum Gasteiger partial charge on any atom is 0.252 e. The van der Waals surface area contributed by atoms with Gasteiger partial charge in [-0.2, -0.15) is 11.3 Å². The number of hydrogen-bond donors (Lipinski definition) is 2. The predicted molar refractivity (Wildman–Crippen MR) is 111 cm³/mol. The van der Waals surface area contributed by atoms with Crippen LogP contribution in [0.5, 0.6) is 0 Å². The number of carbonyl (C=O) groups excluding carboxylic acids is 2. The van der Waals surface area contributed by atoms with Gasteiger partial charge in [0.1, 0.15) is 0 Å². The lowest BCUT2D eigenvalue weighted by molar-refractivity contribution is -0.121. The Bertz CT molecular complexity index is 685. The van der Waals surface area contributed by atoms with Gasteiger partial charge < -0.3 is 10.6 Å². The Hall–Kier alpha value is -2.18. The minimum Gasteiger partial charge on any atom is -0.354 e. The monoisotopic (exact) mass is 387 g/mol. The fourth-order valence-electron chi connectivity index (χ4n) is 3.04. The first-order valence-corrected chi connectivity index (χ1v) is 10.5. The number of nitrogens with zero attached hydrogens (tertiary/aromatic N) is 1. The van der Waals surface area contributed by atoms with E-state index in [2.05, 4.69) is 41.5 Å². The van der Waals surface area contributed by atoms with Gasteiger partial charge in [0.2, 0.25) is 5.91 Å². The smallest absolute Gasteiger partial charge is 0.252 e. The third-order valence-corrected chi connectivity index (χ3v) is 5.26. The molecule has 146 valence electrons. The molecule has 2 N–H and O–H groups in total. The summed E-state index contributed by atoms with van der Waals surface area (Å²) < 4.78 is 0. The molecule has 0 bridgehead atoms. The van der Waals surface area contributed by atoms with Crippen molar-refractivity contribution in [2.75, 3.05) is 26.2 Å². The van der Waals surface area contributed by atoms with Gasteiger partial charge >= 0.3 is 0 Å². The highest BCUT2D eigenvalue weighted by atomic mass is 32.1. The summed E-state index contributed by atoms with van der Waals surface area (Å²) in [4.78, 5) is 26.4. The van der Waals surface area contributed by atoms with Crippen molar-refractivity contribution in [3.05, 3.63) is 58.3 Å². The molecule has 0 radical (unpaired) electrons. The van der Waals surface area contributed by atoms with Crippen LogP contribution in [0.1, 0.15) is 48.7 Å². The first-order valence-electron chi connectivity index (χ1n) is 9.51. The van der Waals surface area contributed by atoms with Crippen LogP contribution in [-0.4, -0.2) is 42.9 Å². The molecule has 1 aromatic carbocycles. The largest absolute Gasteiger partial charge is 0.354 e. The molecule has 2 aromatic rings. The molecule has 0 aliphatic carbocycles. The third kappa shape index (κ3) is 6.81. The number of rotatable bonds is 11. The van der Waals surface area contributed by atoms with Crippen LogP contribution in [0, 0.1) is 0 Å². The second-order valence-corrected chi connectivity index (χ2v) is 7.10. The van der Waals surface area contributed by atoms with E-state index in [0.717, 1.165) is 13.1 Å². The van der Waals surface area contributed by atoms with Crippen LogP contribution < -0.4 is 10.6 Å². The molecule has 0 saturated carbocycles. The van der Waals surface area contributed by atoms with Crippen molar-refractivity contribution >= 4 is 23.2 Å². The molecule has 1 heterocycles. The molecule has 6 heteroatoms. The number of hydrogen-bond acceptors (Lipinski definition) is 4. The van der Waals surface area contributed by atoms with Gasteiger partial charge in [-0.25, -0.2) is 0 Å². The fourth-order valence-corrected chi connectivity index (χ4v) is 3.68. The van der Waals surface area contributed by atoms with Crippen molar-refractivity contribution < 1.29 is 9.59 Å². The highest BCUT2D eigenvalue weighted by Gasteiger charge is 2.18. The van der Waals surface area contributed by atoms with Crippen LogP contribution in [0.25, 0.3) is 0 Å². The van der Waals surface area contributed by atoms with E-state index in [1.165, 1.54) is 16.9 Å². The van der Waals surface area contributed by atoms with E-state index in [9.17, 15) is 9.59 Å². The average molecular weight is 388 g/mol. The molecule has 27 heavy (non-hydrogen) atoms. The Kier molecular flexibility index (Phi) is 9.01. The number of benzene rings is 1. The van der Waals surface area contributed by atoms with Crippen molar-refractivity contribution in [2.45, 2.75) is 32.7 Å². The summed E-state index contributed by atoms with van der Waals surface area (Å²) in [6, 6.07) is 12.2. The van der Waals surface area contributed by atoms with Gasteiger partial charge in [0, 0.05) is 30.5 Å². The van der Waals surface area contributed by atoms with Crippen LogP contribution in [0.3, 0.4) is 0 Å². The molecule has 0 aliphatic heterocycles. The number of amides is 2. The second kappa shape index (κ2) is 11.5. The number of thiophene rings is 1. The normalized spacial score (nSPS) is 12.0. The molecular formula is C21H29N3O2S. The van der Waals surface area contributed by atoms with Gasteiger partial charge in [-0.1, -0.05) is 44.2 Å². The Balaban J connectivity index is 1.75. The van der Waals surface area contributed by atoms with Gasteiger partial charge in [0.05, 0.1) is 6.04 Å². The summed E-state index contributed by atoms with van der Waals surface area (Å²) in [6.45, 7) is 7.22. The zero-order chi connectivity index (χ0) is 19.5. The lowest BCUT2D eigenvalue weighted by atomic mass is 10.0. The quantitative estimate of drug-likeness (QED) is 0.581. The zero-order valence-electron chi connectivity index (χ0n) is 16.1. The standard InChI is InChI=1S/C21H29N3O2S/c1-3-24(4-2)19(17-9-6-5-7-10-17)15-23-20(25)11-8-13-22-21(26)18-12-14-27-16-18/h5-7,9-10,12,14,16,19H,3-4,8,11,13,15H2,1-2H3,(H,22,26)(H,23,25)/t19-/m0/s1. The molecule has 1 aromatic heterocycles. The molecule has 2 amide bonds. The molecule has 5 nitrogen and oxygen atoms in total. The van der Waals surface area contributed by atoms with Crippen molar-refractivity contribution in [3.63, 3.8) is 0 Å². The minimum absolute atomic E-state index is 0.0212. The molecule has 0 spiro atoms. The Morgan fingerprint density at radius 3 is 2.44 bits per heavy atom. The van der Waals surface area contributed by atoms with Crippen molar-refractivity contribution in [3.8, 4) is 0 Å². The van der Waals surface area contributed by atoms with E-state index in [1.807, 2.05) is 29.0 Å². The number of carbonyl (C=O) groups is 2. The maximum absolute atomic E-state index is 12.2. The second-order valence-electron chi connectivity index (χ2n) is 6.32. The van der Waals surface area contributed by atoms with E-state index < -0.39 is 0 Å². The van der Waals surface area contributed by atoms with E-state index in [-0.39, 0.29) is 17.9 Å². The van der Waals surface area contributed by atoms with Crippen molar-refractivity contribution in [2.24, 2.45) is 0 Å². The molecule has 0 aliphatic rings. The van der Waals surface area contributed by atoms with Gasteiger partial charge in [-0.3, -0.25) is 14.5 Å². The van der Waals surface area contributed by atoms with E-state index in [4.69, 9.17) is 0 Å². The summed E-state index contributed by atoms with van der Waals surface area (Å²) in [5.41, 5.74) is 1.89. The number of likely N-dealkylation sites (N-methyl/N-ethyl adjacent to an activating group) is 1. The Labute approximate surface area is 165 Å². The van der Waals surface area contributed by atoms with Gasteiger partial charge in [-0.05, 0) is 36.5 Å². The molecule has 1 atom stereocenters. The SMILES string of the molecule is CCN(CC)[C@@H](CNC(=O)CCCNC(=O)c1ccsc1)c1ccccc1. The van der Waals surface area contributed by atoms with Crippen LogP contribution in [0.2, 0.25) is 0 Å². The average Bonchev–Trinajstić information content (AvgIpc) is 3.24. The van der Waals surface area contributed by atoms with Crippen molar-refractivity contribution in [1.29, 1.82) is 0 Å². The first-order chi connectivity index (χ1) is 13.2. The van der Waals surface area contributed by atoms with Crippen molar-refractivity contribution in [1.82, 2.24) is 15.5 Å². The molecule has 2 rings (SSSR count). The third-order valence-electron chi connectivity index (χ3n) is 4.58. The maximum atomic E-state index is 12.2. The van der Waals surface area contributed by atoms with E-state index in [1.54, 1.807) is 6.07 Å². The molecule has 0 unspecified atom stereocenters.